The first-order chi connectivity index (χ1) is 19.4. The summed E-state index contributed by atoms with van der Waals surface area (Å²) in [6.07, 6.45) is 9.15. The van der Waals surface area contributed by atoms with Crippen LogP contribution in [-0.4, -0.2) is 77.9 Å². The van der Waals surface area contributed by atoms with Gasteiger partial charge in [0.05, 0.1) is 19.0 Å². The van der Waals surface area contributed by atoms with E-state index >= 15 is 4.39 Å². The van der Waals surface area contributed by atoms with Crippen molar-refractivity contribution in [3.05, 3.63) is 22.5 Å². The molecular formula is C29H43FN4O6Si. The van der Waals surface area contributed by atoms with Crippen molar-refractivity contribution in [2.45, 2.75) is 120 Å². The SMILES string of the molecule is C#C[C@@]1(F)[C@H](OC2CCCCO2)[C@@H](CO[Si](C)(C)C(C)(C)C)O[C@H]1n1cnc2c(=O)[nH]c(CC3CCCCO3)nc21. The molecule has 12 heteroatoms. The number of nitrogens with one attached hydrogen (secondary N) is 1. The van der Waals surface area contributed by atoms with E-state index in [1.807, 2.05) is 0 Å². The molecule has 10 nitrogen and oxygen atoms in total. The number of fused-ring (bicyclic) bond motifs is 1. The van der Waals surface area contributed by atoms with Crippen LogP contribution in [0.1, 0.15) is 71.3 Å². The minimum absolute atomic E-state index is 0.0421. The summed E-state index contributed by atoms with van der Waals surface area (Å²) in [5, 5.41) is -0.0588. The molecule has 0 aliphatic carbocycles. The Labute approximate surface area is 241 Å². The number of hydrogen-bond acceptors (Lipinski definition) is 8. The zero-order chi connectivity index (χ0) is 29.4. The second-order valence-corrected chi connectivity index (χ2v) is 17.7. The fourth-order valence-electron chi connectivity index (χ4n) is 5.39. The Hall–Kier alpha value is -2.14. The largest absolute Gasteiger partial charge is 0.414 e. The summed E-state index contributed by atoms with van der Waals surface area (Å²) in [6.45, 7) is 12.0. The van der Waals surface area contributed by atoms with Crippen LogP contribution in [0.15, 0.2) is 11.1 Å². The van der Waals surface area contributed by atoms with Gasteiger partial charge in [-0.2, -0.15) is 0 Å². The Kier molecular flexibility index (Phi) is 8.77. The molecular weight excluding hydrogens is 547 g/mol. The van der Waals surface area contributed by atoms with Crippen molar-refractivity contribution < 1.29 is 27.8 Å². The number of alkyl halides is 1. The first kappa shape index (κ1) is 30.3. The molecule has 5 rings (SSSR count). The molecule has 6 atom stereocenters. The van der Waals surface area contributed by atoms with Gasteiger partial charge in [-0.15, -0.1) is 6.42 Å². The van der Waals surface area contributed by atoms with Crippen LogP contribution in [0.2, 0.25) is 18.1 Å². The van der Waals surface area contributed by atoms with Gasteiger partial charge in [-0.1, -0.05) is 26.7 Å². The smallest absolute Gasteiger partial charge is 0.279 e. The number of imidazole rings is 1. The van der Waals surface area contributed by atoms with Crippen molar-refractivity contribution in [3.63, 3.8) is 0 Å². The van der Waals surface area contributed by atoms with Gasteiger partial charge in [0.2, 0.25) is 5.67 Å². The van der Waals surface area contributed by atoms with E-state index in [1.54, 1.807) is 0 Å². The number of aromatic nitrogens is 4. The van der Waals surface area contributed by atoms with E-state index in [2.05, 4.69) is 54.7 Å². The number of aromatic amines is 1. The number of nitrogens with zero attached hydrogens (tertiary/aromatic N) is 3. The van der Waals surface area contributed by atoms with Crippen LogP contribution < -0.4 is 5.56 Å². The highest BCUT2D eigenvalue weighted by Gasteiger charge is 2.60. The molecule has 0 aromatic carbocycles. The first-order valence-electron chi connectivity index (χ1n) is 14.7. The second kappa shape index (κ2) is 11.9. The van der Waals surface area contributed by atoms with Crippen LogP contribution in [0.3, 0.4) is 0 Å². The molecule has 3 aliphatic heterocycles. The zero-order valence-electron chi connectivity index (χ0n) is 24.8. The van der Waals surface area contributed by atoms with E-state index in [9.17, 15) is 4.79 Å². The van der Waals surface area contributed by atoms with Gasteiger partial charge in [0.15, 0.2) is 32.0 Å². The molecule has 0 amide bonds. The third-order valence-electron chi connectivity index (χ3n) is 8.92. The molecule has 0 saturated carbocycles. The van der Waals surface area contributed by atoms with Gasteiger partial charge in [0.1, 0.15) is 18.0 Å². The maximum atomic E-state index is 17.1. The maximum Gasteiger partial charge on any atom is 0.279 e. The molecule has 2 unspecified atom stereocenters. The topological polar surface area (TPSA) is 110 Å². The van der Waals surface area contributed by atoms with Gasteiger partial charge < -0.3 is 28.4 Å². The van der Waals surface area contributed by atoms with Gasteiger partial charge in [-0.25, -0.2) is 14.4 Å². The molecule has 2 aromatic heterocycles. The fraction of sp³-hybridized carbons (Fsp3) is 0.759. The molecule has 0 spiro atoms. The van der Waals surface area contributed by atoms with Crippen LogP contribution in [-0.2, 0) is 29.8 Å². The van der Waals surface area contributed by atoms with Crippen LogP contribution in [0, 0.1) is 12.3 Å². The maximum absolute atomic E-state index is 17.1. The number of H-pyrrole nitrogens is 1. The van der Waals surface area contributed by atoms with Gasteiger partial charge in [-0.3, -0.25) is 9.36 Å². The van der Waals surface area contributed by atoms with Crippen molar-refractivity contribution in [2.75, 3.05) is 19.8 Å². The Morgan fingerprint density at radius 3 is 2.59 bits per heavy atom. The normalized spacial score (nSPS) is 31.4. The first-order valence-corrected chi connectivity index (χ1v) is 17.6. The Morgan fingerprint density at radius 1 is 1.22 bits per heavy atom. The molecule has 3 fully saturated rings. The lowest BCUT2D eigenvalue weighted by atomic mass is 9.96. The quantitative estimate of drug-likeness (QED) is 0.356. The molecule has 0 bridgehead atoms. The van der Waals surface area contributed by atoms with Gasteiger partial charge in [0, 0.05) is 19.6 Å². The molecule has 3 aliphatic rings. The highest BCUT2D eigenvalue weighted by atomic mass is 28.4. The van der Waals surface area contributed by atoms with E-state index in [0.717, 1.165) is 32.1 Å². The summed E-state index contributed by atoms with van der Waals surface area (Å²) < 4.78 is 49.2. The minimum atomic E-state index is -2.41. The number of halogens is 1. The number of terminal acetylenes is 1. The van der Waals surface area contributed by atoms with Gasteiger partial charge in [0.25, 0.3) is 5.56 Å². The molecule has 5 heterocycles. The van der Waals surface area contributed by atoms with Crippen molar-refractivity contribution in [1.29, 1.82) is 0 Å². The summed E-state index contributed by atoms with van der Waals surface area (Å²) in [5.41, 5.74) is -2.55. The van der Waals surface area contributed by atoms with E-state index < -0.39 is 44.3 Å². The lowest BCUT2D eigenvalue weighted by Crippen LogP contribution is -2.49. The van der Waals surface area contributed by atoms with Crippen molar-refractivity contribution in [2.24, 2.45) is 0 Å². The van der Waals surface area contributed by atoms with Crippen LogP contribution in [0.5, 0.6) is 0 Å². The average Bonchev–Trinajstić information content (AvgIpc) is 3.47. The Bertz CT molecular complexity index is 1310. The van der Waals surface area contributed by atoms with Crippen molar-refractivity contribution in [3.8, 4) is 12.3 Å². The lowest BCUT2D eigenvalue weighted by molar-refractivity contribution is -0.211. The van der Waals surface area contributed by atoms with Crippen molar-refractivity contribution >= 4 is 19.5 Å². The molecule has 1 N–H and O–H groups in total. The highest BCUT2D eigenvalue weighted by Crippen LogP contribution is 2.46. The second-order valence-electron chi connectivity index (χ2n) is 12.9. The summed E-state index contributed by atoms with van der Waals surface area (Å²) in [4.78, 5) is 24.7. The molecule has 41 heavy (non-hydrogen) atoms. The van der Waals surface area contributed by atoms with Gasteiger partial charge in [-0.05, 0) is 56.7 Å². The Balaban J connectivity index is 1.48. The minimum Gasteiger partial charge on any atom is -0.414 e. The number of ether oxygens (including phenoxy) is 4. The van der Waals surface area contributed by atoms with E-state index in [0.29, 0.717) is 31.9 Å². The number of rotatable bonds is 8. The van der Waals surface area contributed by atoms with E-state index in [-0.39, 0.29) is 28.9 Å². The van der Waals surface area contributed by atoms with Gasteiger partial charge >= 0.3 is 0 Å². The zero-order valence-corrected chi connectivity index (χ0v) is 25.8. The lowest BCUT2D eigenvalue weighted by Gasteiger charge is -2.37. The highest BCUT2D eigenvalue weighted by molar-refractivity contribution is 6.74. The van der Waals surface area contributed by atoms with E-state index in [1.165, 1.54) is 10.9 Å². The monoisotopic (exact) mass is 590 g/mol. The van der Waals surface area contributed by atoms with Crippen LogP contribution in [0.4, 0.5) is 4.39 Å². The van der Waals surface area contributed by atoms with Crippen molar-refractivity contribution in [1.82, 2.24) is 19.5 Å². The molecule has 0 radical (unpaired) electrons. The summed E-state index contributed by atoms with van der Waals surface area (Å²) >= 11 is 0. The van der Waals surface area contributed by atoms with Crippen LogP contribution >= 0.6 is 0 Å². The third kappa shape index (κ3) is 6.16. The summed E-state index contributed by atoms with van der Waals surface area (Å²) in [5.74, 6) is 2.78. The third-order valence-corrected chi connectivity index (χ3v) is 13.4. The summed E-state index contributed by atoms with van der Waals surface area (Å²) in [6, 6.07) is 0. The molecule has 3 saturated heterocycles. The van der Waals surface area contributed by atoms with E-state index in [4.69, 9.17) is 29.8 Å². The predicted molar refractivity (Wildman–Crippen MR) is 154 cm³/mol. The fourth-order valence-corrected chi connectivity index (χ4v) is 6.41. The predicted octanol–water partition coefficient (Wildman–Crippen LogP) is 4.40. The average molecular weight is 591 g/mol. The molecule has 2 aromatic rings. The molecule has 226 valence electrons. The van der Waals surface area contributed by atoms with Crippen LogP contribution in [0.25, 0.3) is 11.2 Å². The standard InChI is InChI=1S/C29H43FN4O6Si/c1-7-29(30)24(40-22-13-9-11-15-37-22)20(17-38-41(5,6)28(2,3)4)39-27(29)34-18-31-23-25(34)32-21(33-26(23)35)16-19-12-8-10-14-36-19/h1,18-20,22,24,27H,8-17H2,2-6H3,(H,32,33,35)/t19?,20-,22?,24-,27-,29-/m1/s1. The number of hydrogen-bond donors (Lipinski definition) is 1. The summed E-state index contributed by atoms with van der Waals surface area (Å²) in [7, 11) is -2.21. The Morgan fingerprint density at radius 2 is 1.95 bits per heavy atom.